The quantitative estimate of drug-likeness (QED) is 0.299. The van der Waals surface area contributed by atoms with Crippen molar-refractivity contribution in [1.29, 1.82) is 0 Å². The fourth-order valence-electron chi connectivity index (χ4n) is 2.88. The summed E-state index contributed by atoms with van der Waals surface area (Å²) >= 11 is 0. The molecule has 0 aliphatic rings. The number of nitro groups is 1. The van der Waals surface area contributed by atoms with Crippen LogP contribution in [0.15, 0.2) is 48.8 Å². The van der Waals surface area contributed by atoms with Gasteiger partial charge in [0, 0.05) is 18.5 Å². The molecule has 0 spiro atoms. The maximum atomic E-state index is 11.5. The van der Waals surface area contributed by atoms with Crippen LogP contribution in [0.3, 0.4) is 0 Å². The fraction of sp³-hybridized carbons (Fsp3) is 0.200. The van der Waals surface area contributed by atoms with E-state index in [0.717, 1.165) is 0 Å². The second-order valence-electron chi connectivity index (χ2n) is 6.27. The van der Waals surface area contributed by atoms with Crippen molar-refractivity contribution < 1.29 is 24.3 Å². The Hall–Kier alpha value is -4.12. The lowest BCUT2D eigenvalue weighted by molar-refractivity contribution is -0.385. The predicted molar refractivity (Wildman–Crippen MR) is 110 cm³/mol. The van der Waals surface area contributed by atoms with Gasteiger partial charge in [0.25, 0.3) is 0 Å². The highest BCUT2D eigenvalue weighted by molar-refractivity contribution is 5.81. The van der Waals surface area contributed by atoms with Crippen molar-refractivity contribution in [3.8, 4) is 17.1 Å². The molecule has 2 N–H and O–H groups in total. The van der Waals surface area contributed by atoms with Crippen LogP contribution < -0.4 is 10.1 Å². The van der Waals surface area contributed by atoms with E-state index in [2.05, 4.69) is 20.3 Å². The topological polar surface area (TPSA) is 150 Å². The Bertz CT molecular complexity index is 1080. The number of hydrogen-bond acceptors (Lipinski definition) is 8. The Kier molecular flexibility index (Phi) is 7.01. The molecule has 3 rings (SSSR count). The van der Waals surface area contributed by atoms with Gasteiger partial charge in [0.05, 0.1) is 36.5 Å². The van der Waals surface area contributed by atoms with Crippen LogP contribution in [0.4, 0.5) is 16.3 Å². The Labute approximate surface area is 176 Å². The van der Waals surface area contributed by atoms with Crippen molar-refractivity contribution in [2.75, 3.05) is 19.0 Å². The fourth-order valence-corrected chi connectivity index (χ4v) is 2.88. The Morgan fingerprint density at radius 2 is 2.00 bits per heavy atom. The van der Waals surface area contributed by atoms with Crippen LogP contribution in [-0.4, -0.2) is 44.8 Å². The van der Waals surface area contributed by atoms with E-state index in [1.54, 1.807) is 36.7 Å². The largest absolute Gasteiger partial charge is 0.490 e. The van der Waals surface area contributed by atoms with E-state index < -0.39 is 11.0 Å². The minimum atomic E-state index is -1.20. The molecule has 0 unspecified atom stereocenters. The number of ether oxygens (including phenoxy) is 2. The van der Waals surface area contributed by atoms with Gasteiger partial charge in [0.15, 0.2) is 5.82 Å². The van der Waals surface area contributed by atoms with Crippen LogP contribution in [0.5, 0.6) is 5.75 Å². The summed E-state index contributed by atoms with van der Waals surface area (Å²) in [6.45, 7) is 0.416. The van der Waals surface area contributed by atoms with Gasteiger partial charge in [-0.1, -0.05) is 6.07 Å². The number of carboxylic acid groups (broad SMARTS) is 1. The number of carbonyl (C=O) groups is 1. The number of aromatic nitrogens is 3. The molecule has 11 heteroatoms. The van der Waals surface area contributed by atoms with Crippen LogP contribution >= 0.6 is 0 Å². The molecule has 1 amide bonds. The highest BCUT2D eigenvalue weighted by atomic mass is 16.6. The summed E-state index contributed by atoms with van der Waals surface area (Å²) in [6, 6.07) is 9.72. The molecule has 0 saturated carbocycles. The molecule has 0 radical (unpaired) electrons. The monoisotopic (exact) mass is 425 g/mol. The maximum Gasteiger partial charge on any atom is 0.410 e. The number of amides is 1. The summed E-state index contributed by atoms with van der Waals surface area (Å²) in [7, 11) is 1.36. The number of nitrogens with one attached hydrogen (secondary N) is 1. The number of hydrogen-bond donors (Lipinski definition) is 2. The van der Waals surface area contributed by atoms with Gasteiger partial charge in [-0.2, -0.15) is 0 Å². The summed E-state index contributed by atoms with van der Waals surface area (Å²) in [5.74, 6) is 0.608. The first kappa shape index (κ1) is 21.6. The lowest BCUT2D eigenvalue weighted by Crippen LogP contribution is -2.10. The lowest BCUT2D eigenvalue weighted by atomic mass is 10.0. The molecule has 0 saturated heterocycles. The van der Waals surface area contributed by atoms with Gasteiger partial charge in [0.1, 0.15) is 5.82 Å². The molecule has 0 aliphatic carbocycles. The van der Waals surface area contributed by atoms with Gasteiger partial charge in [0.2, 0.25) is 5.75 Å². The molecule has 2 aromatic heterocycles. The van der Waals surface area contributed by atoms with Gasteiger partial charge in [-0.3, -0.25) is 15.4 Å². The van der Waals surface area contributed by atoms with Crippen molar-refractivity contribution in [1.82, 2.24) is 15.0 Å². The molecule has 3 aromatic rings. The van der Waals surface area contributed by atoms with E-state index in [-0.39, 0.29) is 30.5 Å². The number of rotatable bonds is 9. The highest BCUT2D eigenvalue weighted by Crippen LogP contribution is 2.37. The number of nitrogens with zero attached hydrogens (tertiary/aromatic N) is 4. The summed E-state index contributed by atoms with van der Waals surface area (Å²) in [6.07, 6.45) is 2.27. The zero-order valence-electron chi connectivity index (χ0n) is 16.5. The number of methoxy groups -OCH3 is 1. The first-order valence-corrected chi connectivity index (χ1v) is 9.14. The van der Waals surface area contributed by atoms with Crippen molar-refractivity contribution >= 4 is 17.6 Å². The van der Waals surface area contributed by atoms with Gasteiger partial charge < -0.3 is 14.6 Å². The predicted octanol–water partition coefficient (Wildman–Crippen LogP) is 3.30. The molecule has 0 aliphatic heterocycles. The minimum absolute atomic E-state index is 0.0906. The van der Waals surface area contributed by atoms with Gasteiger partial charge >= 0.3 is 11.8 Å². The molecule has 0 atom stereocenters. The van der Waals surface area contributed by atoms with Crippen LogP contribution in [-0.2, 0) is 17.8 Å². The minimum Gasteiger partial charge on any atom is -0.490 e. The van der Waals surface area contributed by atoms with Crippen LogP contribution in [0.25, 0.3) is 11.4 Å². The normalized spacial score (nSPS) is 10.5. The first-order valence-electron chi connectivity index (χ1n) is 9.14. The third-order valence-electron chi connectivity index (χ3n) is 4.16. The van der Waals surface area contributed by atoms with Gasteiger partial charge in [-0.25, -0.2) is 19.7 Å². The summed E-state index contributed by atoms with van der Waals surface area (Å²) in [5.41, 5.74) is 1.44. The zero-order valence-corrected chi connectivity index (χ0v) is 16.5. The highest BCUT2D eigenvalue weighted by Gasteiger charge is 2.22. The average molecular weight is 425 g/mol. The molecular weight excluding hydrogens is 406 g/mol. The van der Waals surface area contributed by atoms with Crippen molar-refractivity contribution in [3.05, 3.63) is 70.2 Å². The van der Waals surface area contributed by atoms with Crippen LogP contribution in [0, 0.1) is 10.1 Å². The molecular formula is C20H19N5O6. The number of anilines is 1. The van der Waals surface area contributed by atoms with Crippen molar-refractivity contribution in [2.24, 2.45) is 0 Å². The van der Waals surface area contributed by atoms with E-state index >= 15 is 0 Å². The smallest absolute Gasteiger partial charge is 0.410 e. The van der Waals surface area contributed by atoms with E-state index in [1.165, 1.54) is 19.2 Å². The zero-order chi connectivity index (χ0) is 22.2. The second kappa shape index (κ2) is 10.1. The Morgan fingerprint density at radius 3 is 2.68 bits per heavy atom. The number of benzene rings is 1. The second-order valence-corrected chi connectivity index (χ2v) is 6.27. The molecule has 0 bridgehead atoms. The molecule has 160 valence electrons. The summed E-state index contributed by atoms with van der Waals surface area (Å²) in [4.78, 5) is 34.2. The molecule has 11 nitrogen and oxygen atoms in total. The lowest BCUT2D eigenvalue weighted by Gasteiger charge is -2.11. The molecule has 31 heavy (non-hydrogen) atoms. The van der Waals surface area contributed by atoms with Crippen molar-refractivity contribution in [2.45, 2.75) is 13.0 Å². The van der Waals surface area contributed by atoms with Crippen LogP contribution in [0.2, 0.25) is 0 Å². The van der Waals surface area contributed by atoms with E-state index in [4.69, 9.17) is 14.6 Å². The van der Waals surface area contributed by atoms with E-state index in [9.17, 15) is 14.9 Å². The van der Waals surface area contributed by atoms with Gasteiger partial charge in [-0.05, 0) is 36.2 Å². The van der Waals surface area contributed by atoms with Crippen LogP contribution in [0.1, 0.15) is 11.3 Å². The standard InChI is InChI=1S/C20H19N5O6/c1-30-18-15(19-21-7-3-8-22-19)10-13(11-16(18)25(28)29)6-9-31-12-14-4-2-5-17(23-14)24-20(26)27/h2-5,7-8,10-11H,6,9,12H2,1H3,(H,23,24)(H,26,27). The first-order chi connectivity index (χ1) is 15.0. The Morgan fingerprint density at radius 1 is 1.23 bits per heavy atom. The van der Waals surface area contributed by atoms with Gasteiger partial charge in [-0.15, -0.1) is 0 Å². The third-order valence-corrected chi connectivity index (χ3v) is 4.16. The SMILES string of the molecule is COc1c(-c2ncccn2)cc(CCOCc2cccc(NC(=O)O)n2)cc1[N+](=O)[O-]. The maximum absolute atomic E-state index is 11.5. The average Bonchev–Trinajstić information content (AvgIpc) is 2.76. The molecule has 2 heterocycles. The number of pyridine rings is 1. The molecule has 1 aromatic carbocycles. The third kappa shape index (κ3) is 5.70. The Balaban J connectivity index is 1.72. The summed E-state index contributed by atoms with van der Waals surface area (Å²) in [5, 5.41) is 22.5. The summed E-state index contributed by atoms with van der Waals surface area (Å²) < 4.78 is 10.9. The van der Waals surface area contributed by atoms with E-state index in [1.807, 2.05) is 0 Å². The van der Waals surface area contributed by atoms with Crippen molar-refractivity contribution in [3.63, 3.8) is 0 Å². The number of nitro benzene ring substituents is 1. The van der Waals surface area contributed by atoms with E-state index in [0.29, 0.717) is 29.1 Å². The molecule has 0 fully saturated rings.